The molecule has 1 heterocycles. The van der Waals surface area contributed by atoms with E-state index in [9.17, 15) is 8.42 Å². The molecule has 0 amide bonds. The smallest absolute Gasteiger partial charge is 0.241 e. The van der Waals surface area contributed by atoms with E-state index < -0.39 is 10.0 Å². The Hall–Kier alpha value is -2.54. The molecular weight excluding hydrogens is 370 g/mol. The Morgan fingerprint density at radius 2 is 1.86 bits per heavy atom. The van der Waals surface area contributed by atoms with Crippen LogP contribution in [0.1, 0.15) is 18.1 Å². The summed E-state index contributed by atoms with van der Waals surface area (Å²) < 4.78 is 27.9. The van der Waals surface area contributed by atoms with Gasteiger partial charge in [0.05, 0.1) is 4.90 Å². The van der Waals surface area contributed by atoms with E-state index in [4.69, 9.17) is 0 Å². The molecule has 0 unspecified atom stereocenters. The van der Waals surface area contributed by atoms with Crippen LogP contribution in [0.4, 0.5) is 0 Å². The minimum Gasteiger partial charge on any atom is -0.312 e. The highest BCUT2D eigenvalue weighted by atomic mass is 32.2. The van der Waals surface area contributed by atoms with Gasteiger partial charge < -0.3 is 5.32 Å². The molecule has 2 N–H and O–H groups in total. The van der Waals surface area contributed by atoms with Crippen molar-refractivity contribution in [2.45, 2.75) is 18.7 Å². The van der Waals surface area contributed by atoms with Gasteiger partial charge in [0.15, 0.2) is 0 Å². The third-order valence-corrected chi connectivity index (χ3v) is 5.94. The highest BCUT2D eigenvalue weighted by Gasteiger charge is 2.16. The molecule has 3 rings (SSSR count). The molecule has 146 valence electrons. The maximum absolute atomic E-state index is 12.6. The molecule has 0 aliphatic carbocycles. The van der Waals surface area contributed by atoms with Crippen molar-refractivity contribution in [2.75, 3.05) is 19.6 Å². The number of hydrogen-bond donors (Lipinski definition) is 2. The van der Waals surface area contributed by atoms with Crippen LogP contribution in [0.2, 0.25) is 0 Å². The second-order valence-corrected chi connectivity index (χ2v) is 8.56. The van der Waals surface area contributed by atoms with E-state index >= 15 is 0 Å². The van der Waals surface area contributed by atoms with Gasteiger partial charge in [-0.2, -0.15) is 0 Å². The first kappa shape index (κ1) is 20.2. The molecule has 0 bridgehead atoms. The van der Waals surface area contributed by atoms with Gasteiger partial charge in [0, 0.05) is 42.8 Å². The molecule has 2 aromatic carbocycles. The molecule has 6 heteroatoms. The molecule has 0 spiro atoms. The lowest BCUT2D eigenvalue weighted by Crippen LogP contribution is -2.32. The first-order valence-electron chi connectivity index (χ1n) is 9.23. The van der Waals surface area contributed by atoms with Crippen molar-refractivity contribution in [3.63, 3.8) is 0 Å². The van der Waals surface area contributed by atoms with Gasteiger partial charge in [0.2, 0.25) is 10.0 Å². The molecule has 0 saturated heterocycles. The Labute approximate surface area is 166 Å². The van der Waals surface area contributed by atoms with E-state index in [1.54, 1.807) is 30.6 Å². The Bertz CT molecular complexity index is 1070. The summed E-state index contributed by atoms with van der Waals surface area (Å²) in [6.07, 6.45) is 5.39. The van der Waals surface area contributed by atoms with Crippen LogP contribution in [-0.4, -0.2) is 33.0 Å². The lowest BCUT2D eigenvalue weighted by atomic mass is 10.1. The zero-order chi connectivity index (χ0) is 20.0. The van der Waals surface area contributed by atoms with Gasteiger partial charge in [-0.05, 0) is 31.5 Å². The molecule has 0 aliphatic heterocycles. The monoisotopic (exact) mass is 395 g/mol. The Morgan fingerprint density at radius 1 is 1.07 bits per heavy atom. The average Bonchev–Trinajstić information content (AvgIpc) is 2.69. The van der Waals surface area contributed by atoms with E-state index in [0.717, 1.165) is 10.9 Å². The topological polar surface area (TPSA) is 71.1 Å². The van der Waals surface area contributed by atoms with Gasteiger partial charge >= 0.3 is 0 Å². The standard InChI is InChI=1S/C22H25N3O2S/c1-17-6-8-19(9-7-17)14-18(2)15-24-12-13-25-28(26,27)22-5-3-4-20-16-23-11-10-21(20)22/h3-11,14,16,24-25H,12-13,15H2,1-2H3. The van der Waals surface area contributed by atoms with E-state index in [1.807, 2.05) is 6.07 Å². The number of aryl methyl sites for hydroxylation is 1. The summed E-state index contributed by atoms with van der Waals surface area (Å²) in [5.41, 5.74) is 3.59. The van der Waals surface area contributed by atoms with Gasteiger partial charge in [0.25, 0.3) is 0 Å². The van der Waals surface area contributed by atoms with Crippen LogP contribution in [-0.2, 0) is 10.0 Å². The number of nitrogens with zero attached hydrogens (tertiary/aromatic N) is 1. The number of benzene rings is 2. The first-order chi connectivity index (χ1) is 13.5. The molecule has 1 aromatic heterocycles. The predicted molar refractivity (Wildman–Crippen MR) is 115 cm³/mol. The van der Waals surface area contributed by atoms with Gasteiger partial charge in [-0.25, -0.2) is 13.1 Å². The third-order valence-electron chi connectivity index (χ3n) is 4.42. The molecular formula is C22H25N3O2S. The van der Waals surface area contributed by atoms with Crippen LogP contribution in [0.25, 0.3) is 16.8 Å². The second-order valence-electron chi connectivity index (χ2n) is 6.83. The number of hydrogen-bond acceptors (Lipinski definition) is 4. The zero-order valence-electron chi connectivity index (χ0n) is 16.1. The quantitative estimate of drug-likeness (QED) is 0.573. The van der Waals surface area contributed by atoms with Crippen molar-refractivity contribution in [2.24, 2.45) is 0 Å². The largest absolute Gasteiger partial charge is 0.312 e. The summed E-state index contributed by atoms with van der Waals surface area (Å²) in [7, 11) is -3.57. The van der Waals surface area contributed by atoms with Crippen LogP contribution < -0.4 is 10.0 Å². The highest BCUT2D eigenvalue weighted by Crippen LogP contribution is 2.21. The minimum atomic E-state index is -3.57. The summed E-state index contributed by atoms with van der Waals surface area (Å²) >= 11 is 0. The molecule has 5 nitrogen and oxygen atoms in total. The number of aromatic nitrogens is 1. The van der Waals surface area contributed by atoms with Gasteiger partial charge in [-0.1, -0.05) is 53.6 Å². The van der Waals surface area contributed by atoms with E-state index in [1.165, 1.54) is 11.1 Å². The minimum absolute atomic E-state index is 0.280. The number of nitrogens with one attached hydrogen (secondary N) is 2. The molecule has 0 saturated carbocycles. The summed E-state index contributed by atoms with van der Waals surface area (Å²) in [5.74, 6) is 0. The maximum Gasteiger partial charge on any atom is 0.241 e. The normalized spacial score (nSPS) is 12.4. The van der Waals surface area contributed by atoms with Crippen LogP contribution in [0.15, 0.2) is 71.4 Å². The maximum atomic E-state index is 12.6. The number of sulfonamides is 1. The summed E-state index contributed by atoms with van der Waals surface area (Å²) in [4.78, 5) is 4.32. The second kappa shape index (κ2) is 9.10. The molecule has 28 heavy (non-hydrogen) atoms. The Balaban J connectivity index is 1.52. The van der Waals surface area contributed by atoms with Crippen LogP contribution >= 0.6 is 0 Å². The molecule has 0 fully saturated rings. The number of rotatable bonds is 8. The summed E-state index contributed by atoms with van der Waals surface area (Å²) in [6, 6.07) is 15.3. The van der Waals surface area contributed by atoms with Crippen molar-refractivity contribution < 1.29 is 8.42 Å². The van der Waals surface area contributed by atoms with E-state index in [0.29, 0.717) is 25.0 Å². The molecule has 0 atom stereocenters. The fourth-order valence-electron chi connectivity index (χ4n) is 2.96. The molecule has 3 aromatic rings. The average molecular weight is 396 g/mol. The van der Waals surface area contributed by atoms with Crippen molar-refractivity contribution in [3.8, 4) is 0 Å². The zero-order valence-corrected chi connectivity index (χ0v) is 17.0. The molecule has 0 aliphatic rings. The SMILES string of the molecule is CC(=Cc1ccc(C)cc1)CNCCNS(=O)(=O)c1cccc2cnccc12. The van der Waals surface area contributed by atoms with Crippen LogP contribution in [0.3, 0.4) is 0 Å². The van der Waals surface area contributed by atoms with Crippen molar-refractivity contribution >= 4 is 26.9 Å². The molecule has 0 radical (unpaired) electrons. The first-order valence-corrected chi connectivity index (χ1v) is 10.7. The van der Waals surface area contributed by atoms with Crippen molar-refractivity contribution in [1.29, 1.82) is 0 Å². The van der Waals surface area contributed by atoms with Crippen molar-refractivity contribution in [1.82, 2.24) is 15.0 Å². The number of fused-ring (bicyclic) bond motifs is 1. The summed E-state index contributed by atoms with van der Waals surface area (Å²) in [6.45, 7) is 5.70. The van der Waals surface area contributed by atoms with Crippen LogP contribution in [0.5, 0.6) is 0 Å². The lowest BCUT2D eigenvalue weighted by Gasteiger charge is -2.10. The van der Waals surface area contributed by atoms with Gasteiger partial charge in [-0.15, -0.1) is 0 Å². The van der Waals surface area contributed by atoms with Crippen LogP contribution in [0, 0.1) is 6.92 Å². The number of pyridine rings is 1. The van der Waals surface area contributed by atoms with Gasteiger partial charge in [0.1, 0.15) is 0 Å². The third kappa shape index (κ3) is 5.25. The predicted octanol–water partition coefficient (Wildman–Crippen LogP) is 3.51. The lowest BCUT2D eigenvalue weighted by molar-refractivity contribution is 0.579. The Kier molecular flexibility index (Phi) is 6.57. The van der Waals surface area contributed by atoms with Gasteiger partial charge in [-0.3, -0.25) is 4.98 Å². The van der Waals surface area contributed by atoms with E-state index in [2.05, 4.69) is 59.2 Å². The fraction of sp³-hybridized carbons (Fsp3) is 0.227. The van der Waals surface area contributed by atoms with Crippen molar-refractivity contribution in [3.05, 3.63) is 77.6 Å². The highest BCUT2D eigenvalue weighted by molar-refractivity contribution is 7.89. The van der Waals surface area contributed by atoms with E-state index in [-0.39, 0.29) is 4.90 Å². The summed E-state index contributed by atoms with van der Waals surface area (Å²) in [5, 5.41) is 4.75. The Morgan fingerprint density at radius 3 is 2.64 bits per heavy atom. The fourth-order valence-corrected chi connectivity index (χ4v) is 4.22.